The van der Waals surface area contributed by atoms with E-state index in [0.717, 1.165) is 5.56 Å². The van der Waals surface area contributed by atoms with Gasteiger partial charge in [0.25, 0.3) is 0 Å². The van der Waals surface area contributed by atoms with Gasteiger partial charge in [0.1, 0.15) is 5.54 Å². The van der Waals surface area contributed by atoms with E-state index >= 15 is 0 Å². The molecular formula is C14H22N2O2. The molecule has 1 aromatic carbocycles. The van der Waals surface area contributed by atoms with Crippen molar-refractivity contribution < 1.29 is 9.90 Å². The highest BCUT2D eigenvalue weighted by Gasteiger charge is 2.33. The van der Waals surface area contributed by atoms with Gasteiger partial charge in [-0.3, -0.25) is 4.79 Å². The van der Waals surface area contributed by atoms with E-state index in [-0.39, 0.29) is 12.5 Å². The SMILES string of the molecule is CC(C)(CCO)NC(=O)C(C)(N)c1ccccc1. The highest BCUT2D eigenvalue weighted by Crippen LogP contribution is 2.19. The fourth-order valence-corrected chi connectivity index (χ4v) is 1.69. The first-order valence-electron chi connectivity index (χ1n) is 6.07. The molecule has 4 N–H and O–H groups in total. The Bertz CT molecular complexity index is 400. The molecule has 4 heteroatoms. The number of nitrogens with two attached hydrogens (primary N) is 1. The standard InChI is InChI=1S/C14H22N2O2/c1-13(2,9-10-17)16-12(18)14(3,15)11-7-5-4-6-8-11/h4-8,17H,9-10,15H2,1-3H3,(H,16,18). The average molecular weight is 250 g/mol. The van der Waals surface area contributed by atoms with E-state index in [1.54, 1.807) is 6.92 Å². The molecule has 100 valence electrons. The quantitative estimate of drug-likeness (QED) is 0.733. The van der Waals surface area contributed by atoms with Crippen LogP contribution < -0.4 is 11.1 Å². The van der Waals surface area contributed by atoms with Gasteiger partial charge in [-0.05, 0) is 32.8 Å². The minimum atomic E-state index is -1.08. The summed E-state index contributed by atoms with van der Waals surface area (Å²) in [6.07, 6.45) is 0.490. The number of aliphatic hydroxyl groups is 1. The molecule has 1 atom stereocenters. The summed E-state index contributed by atoms with van der Waals surface area (Å²) in [5.41, 5.74) is 5.33. The summed E-state index contributed by atoms with van der Waals surface area (Å²) in [5.74, 6) is -0.243. The van der Waals surface area contributed by atoms with E-state index < -0.39 is 11.1 Å². The zero-order chi connectivity index (χ0) is 13.8. The molecule has 0 radical (unpaired) electrons. The second-order valence-electron chi connectivity index (χ2n) is 5.38. The fraction of sp³-hybridized carbons (Fsp3) is 0.500. The van der Waals surface area contributed by atoms with Crippen molar-refractivity contribution in [2.24, 2.45) is 5.73 Å². The van der Waals surface area contributed by atoms with Gasteiger partial charge >= 0.3 is 0 Å². The molecule has 0 aliphatic rings. The number of benzene rings is 1. The largest absolute Gasteiger partial charge is 0.396 e. The zero-order valence-corrected chi connectivity index (χ0v) is 11.2. The van der Waals surface area contributed by atoms with Crippen molar-refractivity contribution in [1.82, 2.24) is 5.32 Å². The van der Waals surface area contributed by atoms with Crippen molar-refractivity contribution in [3.8, 4) is 0 Å². The summed E-state index contributed by atoms with van der Waals surface area (Å²) in [7, 11) is 0. The van der Waals surface area contributed by atoms with E-state index in [1.165, 1.54) is 0 Å². The van der Waals surface area contributed by atoms with Gasteiger partial charge in [-0.2, -0.15) is 0 Å². The van der Waals surface area contributed by atoms with Crippen molar-refractivity contribution in [2.45, 2.75) is 38.3 Å². The lowest BCUT2D eigenvalue weighted by Gasteiger charge is -2.31. The minimum absolute atomic E-state index is 0.0277. The molecular weight excluding hydrogens is 228 g/mol. The Morgan fingerprint density at radius 3 is 2.33 bits per heavy atom. The number of hydrogen-bond acceptors (Lipinski definition) is 3. The lowest BCUT2D eigenvalue weighted by Crippen LogP contribution is -2.55. The lowest BCUT2D eigenvalue weighted by molar-refractivity contribution is -0.127. The Hall–Kier alpha value is -1.39. The van der Waals surface area contributed by atoms with Crippen molar-refractivity contribution in [2.75, 3.05) is 6.61 Å². The lowest BCUT2D eigenvalue weighted by atomic mass is 9.90. The zero-order valence-electron chi connectivity index (χ0n) is 11.2. The van der Waals surface area contributed by atoms with Crippen molar-refractivity contribution in [3.63, 3.8) is 0 Å². The Morgan fingerprint density at radius 2 is 1.83 bits per heavy atom. The summed E-state index contributed by atoms with van der Waals surface area (Å²) in [5, 5.41) is 11.8. The average Bonchev–Trinajstić information content (AvgIpc) is 2.29. The van der Waals surface area contributed by atoms with Crippen molar-refractivity contribution in [3.05, 3.63) is 35.9 Å². The molecule has 0 aromatic heterocycles. The number of rotatable bonds is 5. The molecule has 0 bridgehead atoms. The molecule has 1 amide bonds. The first-order valence-corrected chi connectivity index (χ1v) is 6.07. The summed E-state index contributed by atoms with van der Waals surface area (Å²) in [6, 6.07) is 9.25. The smallest absolute Gasteiger partial charge is 0.244 e. The fourth-order valence-electron chi connectivity index (χ4n) is 1.69. The summed E-state index contributed by atoms with van der Waals surface area (Å²) >= 11 is 0. The van der Waals surface area contributed by atoms with Crippen molar-refractivity contribution >= 4 is 5.91 Å². The van der Waals surface area contributed by atoms with Crippen LogP contribution in [0.1, 0.15) is 32.8 Å². The van der Waals surface area contributed by atoms with Crippen LogP contribution in [-0.2, 0) is 10.3 Å². The van der Waals surface area contributed by atoms with Crippen LogP contribution in [0.5, 0.6) is 0 Å². The maximum absolute atomic E-state index is 12.2. The Labute approximate surface area is 108 Å². The van der Waals surface area contributed by atoms with Crippen LogP contribution in [0.3, 0.4) is 0 Å². The van der Waals surface area contributed by atoms with E-state index in [0.29, 0.717) is 6.42 Å². The van der Waals surface area contributed by atoms with Gasteiger partial charge in [-0.1, -0.05) is 30.3 Å². The molecule has 0 spiro atoms. The monoisotopic (exact) mass is 250 g/mol. The third-order valence-electron chi connectivity index (χ3n) is 3.03. The van der Waals surface area contributed by atoms with Gasteiger partial charge in [0.05, 0.1) is 0 Å². The van der Waals surface area contributed by atoms with E-state index in [2.05, 4.69) is 5.32 Å². The predicted molar refractivity (Wildman–Crippen MR) is 71.9 cm³/mol. The van der Waals surface area contributed by atoms with Crippen LogP contribution in [0.15, 0.2) is 30.3 Å². The molecule has 0 saturated heterocycles. The van der Waals surface area contributed by atoms with Gasteiger partial charge in [-0.25, -0.2) is 0 Å². The van der Waals surface area contributed by atoms with Gasteiger partial charge < -0.3 is 16.2 Å². The van der Waals surface area contributed by atoms with Crippen LogP contribution >= 0.6 is 0 Å². The van der Waals surface area contributed by atoms with Crippen LogP contribution in [0.2, 0.25) is 0 Å². The number of carbonyl (C=O) groups is 1. The second kappa shape index (κ2) is 5.50. The molecule has 1 aromatic rings. The van der Waals surface area contributed by atoms with E-state index in [9.17, 15) is 4.79 Å². The van der Waals surface area contributed by atoms with Gasteiger partial charge in [0, 0.05) is 12.1 Å². The van der Waals surface area contributed by atoms with E-state index in [1.807, 2.05) is 44.2 Å². The molecule has 18 heavy (non-hydrogen) atoms. The van der Waals surface area contributed by atoms with Crippen LogP contribution in [0, 0.1) is 0 Å². The molecule has 1 unspecified atom stereocenters. The minimum Gasteiger partial charge on any atom is -0.396 e. The van der Waals surface area contributed by atoms with Gasteiger partial charge in [-0.15, -0.1) is 0 Å². The first kappa shape index (κ1) is 14.7. The molecule has 0 aliphatic carbocycles. The van der Waals surface area contributed by atoms with Gasteiger partial charge in [0.2, 0.25) is 5.91 Å². The van der Waals surface area contributed by atoms with Crippen LogP contribution in [0.4, 0.5) is 0 Å². The topological polar surface area (TPSA) is 75.3 Å². The highest BCUT2D eigenvalue weighted by atomic mass is 16.3. The molecule has 0 saturated carbocycles. The van der Waals surface area contributed by atoms with Gasteiger partial charge in [0.15, 0.2) is 0 Å². The van der Waals surface area contributed by atoms with E-state index in [4.69, 9.17) is 10.8 Å². The molecule has 1 rings (SSSR count). The van der Waals surface area contributed by atoms with Crippen molar-refractivity contribution in [1.29, 1.82) is 0 Å². The summed E-state index contributed by atoms with van der Waals surface area (Å²) in [6.45, 7) is 5.44. The Balaban J connectivity index is 2.83. The maximum atomic E-state index is 12.2. The number of amides is 1. The summed E-state index contributed by atoms with van der Waals surface area (Å²) in [4.78, 5) is 12.2. The summed E-state index contributed by atoms with van der Waals surface area (Å²) < 4.78 is 0. The highest BCUT2D eigenvalue weighted by molar-refractivity contribution is 5.87. The van der Waals surface area contributed by atoms with Crippen LogP contribution in [-0.4, -0.2) is 23.2 Å². The van der Waals surface area contributed by atoms with Crippen LogP contribution in [0.25, 0.3) is 0 Å². The molecule has 0 heterocycles. The number of hydrogen-bond donors (Lipinski definition) is 3. The first-order chi connectivity index (χ1) is 8.29. The third kappa shape index (κ3) is 3.55. The maximum Gasteiger partial charge on any atom is 0.244 e. The second-order valence-corrected chi connectivity index (χ2v) is 5.38. The molecule has 0 fully saturated rings. The molecule has 4 nitrogen and oxygen atoms in total. The Kier molecular flexibility index (Phi) is 4.48. The number of aliphatic hydroxyl groups excluding tert-OH is 1. The Morgan fingerprint density at radius 1 is 1.28 bits per heavy atom. The molecule has 0 aliphatic heterocycles. The predicted octanol–water partition coefficient (Wildman–Crippen LogP) is 1.14. The normalized spacial score (nSPS) is 14.9. The third-order valence-corrected chi connectivity index (χ3v) is 3.03. The number of nitrogens with one attached hydrogen (secondary N) is 1. The number of carbonyl (C=O) groups excluding carboxylic acids is 1.